The molecule has 0 bridgehead atoms. The molecule has 0 aliphatic carbocycles. The summed E-state index contributed by atoms with van der Waals surface area (Å²) in [5.74, 6) is -0.167. The van der Waals surface area contributed by atoms with Crippen molar-refractivity contribution in [1.82, 2.24) is 5.48 Å². The third-order valence-corrected chi connectivity index (χ3v) is 5.63. The van der Waals surface area contributed by atoms with Crippen molar-refractivity contribution in [3.8, 4) is 0 Å². The van der Waals surface area contributed by atoms with Crippen molar-refractivity contribution >= 4 is 54.2 Å². The highest BCUT2D eigenvalue weighted by molar-refractivity contribution is 9.10. The second kappa shape index (κ2) is 7.69. The van der Waals surface area contributed by atoms with E-state index >= 15 is 0 Å². The van der Waals surface area contributed by atoms with Gasteiger partial charge in [0, 0.05) is 0 Å². The zero-order valence-corrected chi connectivity index (χ0v) is 17.8. The lowest BCUT2D eigenvalue weighted by Gasteiger charge is -2.15. The predicted molar refractivity (Wildman–Crippen MR) is 120 cm³/mol. The third kappa shape index (κ3) is 3.71. The minimum atomic E-state index is -0.616. The van der Waals surface area contributed by atoms with Gasteiger partial charge in [0.2, 0.25) is 0 Å². The first kappa shape index (κ1) is 19.2. The Bertz CT molecular complexity index is 1110. The van der Waals surface area contributed by atoms with Crippen molar-refractivity contribution < 1.29 is 9.63 Å². The summed E-state index contributed by atoms with van der Waals surface area (Å²) in [5, 5.41) is 7.97. The van der Waals surface area contributed by atoms with Gasteiger partial charge >= 0.3 is 0 Å². The summed E-state index contributed by atoms with van der Waals surface area (Å²) in [6.45, 7) is 4.10. The number of hydrogen-bond donors (Lipinski definition) is 1. The number of hydrogen-bond acceptors (Lipinski definition) is 2. The molecule has 0 unspecified atom stereocenters. The number of alkyl halides is 1. The van der Waals surface area contributed by atoms with Crippen molar-refractivity contribution in [3.05, 3.63) is 60.2 Å². The zero-order chi connectivity index (χ0) is 19.7. The first-order valence-corrected chi connectivity index (χ1v) is 10.5. The molecule has 144 valence electrons. The average molecular weight is 438 g/mol. The van der Waals surface area contributed by atoms with Crippen molar-refractivity contribution in [3.63, 3.8) is 0 Å². The van der Waals surface area contributed by atoms with Crippen LogP contribution in [-0.4, -0.2) is 16.8 Å². The van der Waals surface area contributed by atoms with Crippen molar-refractivity contribution in [2.45, 2.75) is 37.4 Å². The maximum absolute atomic E-state index is 11.7. The third-order valence-electron chi connectivity index (χ3n) is 5.27. The van der Waals surface area contributed by atoms with E-state index in [1.54, 1.807) is 13.8 Å². The van der Waals surface area contributed by atoms with Crippen LogP contribution in [0.4, 0.5) is 0 Å². The van der Waals surface area contributed by atoms with Gasteiger partial charge in [0.1, 0.15) is 4.32 Å². The highest BCUT2D eigenvalue weighted by atomic mass is 79.9. The van der Waals surface area contributed by atoms with Crippen molar-refractivity contribution in [2.75, 3.05) is 6.61 Å². The normalized spacial score (nSPS) is 12.2. The molecule has 28 heavy (non-hydrogen) atoms. The van der Waals surface area contributed by atoms with Crippen LogP contribution in [0, 0.1) is 0 Å². The minimum Gasteiger partial charge on any atom is -0.274 e. The van der Waals surface area contributed by atoms with Crippen LogP contribution in [0.15, 0.2) is 54.6 Å². The first-order chi connectivity index (χ1) is 13.4. The molecule has 0 spiro atoms. The maximum Gasteiger partial charge on any atom is 0.259 e. The molecule has 4 heteroatoms. The number of amides is 1. The van der Waals surface area contributed by atoms with Gasteiger partial charge < -0.3 is 0 Å². The molecular formula is C24H24BrNO2. The van der Waals surface area contributed by atoms with E-state index in [1.807, 2.05) is 0 Å². The monoisotopic (exact) mass is 437 g/mol. The number of hydroxylamine groups is 1. The lowest BCUT2D eigenvalue weighted by molar-refractivity contribution is -0.135. The number of carbonyl (C=O) groups excluding carboxylic acids is 1. The van der Waals surface area contributed by atoms with Crippen LogP contribution in [-0.2, 0) is 16.1 Å². The molecule has 0 aliphatic heterocycles. The molecular weight excluding hydrogens is 414 g/mol. The quantitative estimate of drug-likeness (QED) is 0.163. The van der Waals surface area contributed by atoms with Crippen LogP contribution >= 0.6 is 15.9 Å². The lowest BCUT2D eigenvalue weighted by atomic mass is 9.91. The highest BCUT2D eigenvalue weighted by Crippen LogP contribution is 2.36. The Labute approximate surface area is 173 Å². The van der Waals surface area contributed by atoms with E-state index in [2.05, 4.69) is 76.0 Å². The SMILES string of the molecule is CC(C)(Br)C(=O)NOCCCCc1ccc2ccc3cccc4ccc1c2c34. The van der Waals surface area contributed by atoms with Crippen LogP contribution in [0.1, 0.15) is 32.3 Å². The topological polar surface area (TPSA) is 38.3 Å². The minimum absolute atomic E-state index is 0.167. The van der Waals surface area contributed by atoms with Gasteiger partial charge in [-0.3, -0.25) is 9.63 Å². The van der Waals surface area contributed by atoms with Crippen LogP contribution < -0.4 is 5.48 Å². The van der Waals surface area contributed by atoms with Crippen LogP contribution in [0.2, 0.25) is 0 Å². The van der Waals surface area contributed by atoms with Gasteiger partial charge in [0.05, 0.1) is 6.61 Å². The molecule has 1 N–H and O–H groups in total. The average Bonchev–Trinajstić information content (AvgIpc) is 2.68. The molecule has 3 nitrogen and oxygen atoms in total. The van der Waals surface area contributed by atoms with E-state index < -0.39 is 4.32 Å². The largest absolute Gasteiger partial charge is 0.274 e. The smallest absolute Gasteiger partial charge is 0.259 e. The summed E-state index contributed by atoms with van der Waals surface area (Å²) in [6.07, 6.45) is 2.90. The number of unbranched alkanes of at least 4 members (excludes halogenated alkanes) is 1. The molecule has 4 aromatic rings. The molecule has 0 saturated heterocycles. The van der Waals surface area contributed by atoms with Crippen LogP contribution in [0.25, 0.3) is 32.3 Å². The fraction of sp³-hybridized carbons (Fsp3) is 0.292. The molecule has 0 saturated carbocycles. The fourth-order valence-electron chi connectivity index (χ4n) is 3.74. The number of nitrogens with one attached hydrogen (secondary N) is 1. The van der Waals surface area contributed by atoms with E-state index in [9.17, 15) is 4.79 Å². The fourth-order valence-corrected chi connectivity index (χ4v) is 3.82. The Morgan fingerprint density at radius 3 is 2.29 bits per heavy atom. The standard InChI is InChI=1S/C24H24BrNO2/c1-24(2,25)23(27)26-28-15-4-3-6-16-9-10-19-12-11-17-7-5-8-18-13-14-20(16)22(19)21(17)18/h5,7-14H,3-4,6,15H2,1-2H3,(H,26,27). The summed E-state index contributed by atoms with van der Waals surface area (Å²) in [5.41, 5.74) is 3.87. The van der Waals surface area contributed by atoms with Crippen LogP contribution in [0.5, 0.6) is 0 Å². The van der Waals surface area contributed by atoms with Gasteiger partial charge in [-0.05, 0) is 71.0 Å². The summed E-state index contributed by atoms with van der Waals surface area (Å²) in [7, 11) is 0. The second-order valence-electron chi connectivity index (χ2n) is 7.79. The van der Waals surface area contributed by atoms with Gasteiger partial charge in [-0.2, -0.15) is 0 Å². The van der Waals surface area contributed by atoms with Gasteiger partial charge in [-0.1, -0.05) is 70.5 Å². The molecule has 0 heterocycles. The van der Waals surface area contributed by atoms with Gasteiger partial charge in [0.25, 0.3) is 5.91 Å². The number of halogens is 1. The number of carbonyl (C=O) groups is 1. The molecule has 0 aromatic heterocycles. The zero-order valence-electron chi connectivity index (χ0n) is 16.2. The van der Waals surface area contributed by atoms with Gasteiger partial charge in [0.15, 0.2) is 0 Å². The molecule has 0 radical (unpaired) electrons. The number of benzene rings is 4. The summed E-state index contributed by atoms with van der Waals surface area (Å²) in [6, 6.07) is 19.9. The van der Waals surface area contributed by atoms with Crippen molar-refractivity contribution in [1.29, 1.82) is 0 Å². The second-order valence-corrected chi connectivity index (χ2v) is 9.77. The Balaban J connectivity index is 1.45. The van der Waals surface area contributed by atoms with E-state index in [0.29, 0.717) is 6.61 Å². The molecule has 0 atom stereocenters. The Morgan fingerprint density at radius 2 is 1.57 bits per heavy atom. The Kier molecular flexibility index (Phi) is 5.26. The number of aryl methyl sites for hydroxylation is 1. The molecule has 0 aliphatic rings. The number of rotatable bonds is 7. The summed E-state index contributed by atoms with van der Waals surface area (Å²) in [4.78, 5) is 17.1. The Hall–Kier alpha value is -2.17. The van der Waals surface area contributed by atoms with E-state index in [0.717, 1.165) is 19.3 Å². The van der Waals surface area contributed by atoms with E-state index in [4.69, 9.17) is 4.84 Å². The van der Waals surface area contributed by atoms with E-state index in [-0.39, 0.29) is 5.91 Å². The summed E-state index contributed by atoms with van der Waals surface area (Å²) < 4.78 is -0.616. The van der Waals surface area contributed by atoms with Gasteiger partial charge in [-0.25, -0.2) is 5.48 Å². The maximum atomic E-state index is 11.7. The molecule has 4 aromatic carbocycles. The Morgan fingerprint density at radius 1 is 0.929 bits per heavy atom. The van der Waals surface area contributed by atoms with Gasteiger partial charge in [-0.15, -0.1) is 0 Å². The first-order valence-electron chi connectivity index (χ1n) is 9.72. The van der Waals surface area contributed by atoms with Crippen LogP contribution in [0.3, 0.4) is 0 Å². The highest BCUT2D eigenvalue weighted by Gasteiger charge is 2.23. The lowest BCUT2D eigenvalue weighted by Crippen LogP contribution is -2.37. The van der Waals surface area contributed by atoms with Crippen molar-refractivity contribution in [2.24, 2.45) is 0 Å². The molecule has 1 amide bonds. The molecule has 4 rings (SSSR count). The summed E-state index contributed by atoms with van der Waals surface area (Å²) >= 11 is 3.32. The van der Waals surface area contributed by atoms with E-state index in [1.165, 1.54) is 37.9 Å². The molecule has 0 fully saturated rings. The predicted octanol–water partition coefficient (Wildman–Crippen LogP) is 6.13.